The zero-order valence-electron chi connectivity index (χ0n) is 11.2. The largest absolute Gasteiger partial charge is 0.332 e. The Hall–Kier alpha value is -1.75. The third-order valence-electron chi connectivity index (χ3n) is 4.04. The molecular weight excluding hydrogens is 234 g/mol. The topological polar surface area (TPSA) is 20.3 Å². The van der Waals surface area contributed by atoms with Crippen molar-refractivity contribution in [1.82, 2.24) is 4.90 Å². The first kappa shape index (κ1) is 12.3. The average molecular weight is 253 g/mol. The number of hydrogen-bond donors (Lipinski definition) is 0. The van der Waals surface area contributed by atoms with Crippen LogP contribution in [0.5, 0.6) is 0 Å². The molecule has 0 bridgehead atoms. The highest BCUT2D eigenvalue weighted by Gasteiger charge is 2.12. The van der Waals surface area contributed by atoms with E-state index in [0.717, 1.165) is 31.5 Å². The number of rotatable bonds is 1. The Balaban J connectivity index is 1.76. The van der Waals surface area contributed by atoms with Gasteiger partial charge in [0.2, 0.25) is 5.78 Å². The second-order valence-electron chi connectivity index (χ2n) is 5.45. The third kappa shape index (κ3) is 2.81. The number of benzene rings is 1. The molecule has 1 saturated heterocycles. The Morgan fingerprint density at radius 3 is 2.53 bits per heavy atom. The van der Waals surface area contributed by atoms with Crippen molar-refractivity contribution in [1.29, 1.82) is 0 Å². The van der Waals surface area contributed by atoms with Gasteiger partial charge in [0.25, 0.3) is 0 Å². The molecule has 0 aromatic heterocycles. The summed E-state index contributed by atoms with van der Waals surface area (Å²) in [5, 5.41) is 0. The number of ketones is 1. The zero-order valence-corrected chi connectivity index (χ0v) is 11.2. The van der Waals surface area contributed by atoms with E-state index in [4.69, 9.17) is 0 Å². The van der Waals surface area contributed by atoms with Crippen molar-refractivity contribution in [2.45, 2.75) is 38.5 Å². The molecule has 1 aromatic rings. The van der Waals surface area contributed by atoms with Crippen LogP contribution in [-0.2, 0) is 12.8 Å². The Labute approximate surface area is 114 Å². The Morgan fingerprint density at radius 1 is 1.00 bits per heavy atom. The molecule has 0 N–H and O–H groups in total. The predicted octanol–water partition coefficient (Wildman–Crippen LogP) is 2.80. The van der Waals surface area contributed by atoms with Gasteiger partial charge >= 0.3 is 0 Å². The Bertz CT molecular complexity index is 544. The fraction of sp³-hybridized carbons (Fsp3) is 0.471. The molecule has 19 heavy (non-hydrogen) atoms. The highest BCUT2D eigenvalue weighted by molar-refractivity contribution is 6.09. The summed E-state index contributed by atoms with van der Waals surface area (Å²) >= 11 is 0. The molecule has 3 rings (SSSR count). The highest BCUT2D eigenvalue weighted by Crippen LogP contribution is 2.22. The van der Waals surface area contributed by atoms with Gasteiger partial charge < -0.3 is 4.90 Å². The molecule has 2 heteroatoms. The molecule has 98 valence electrons. The first-order valence-corrected chi connectivity index (χ1v) is 7.26. The molecule has 2 aliphatic rings. The van der Waals surface area contributed by atoms with Gasteiger partial charge in [-0.25, -0.2) is 0 Å². The summed E-state index contributed by atoms with van der Waals surface area (Å²) in [5.74, 6) is 2.74. The van der Waals surface area contributed by atoms with E-state index in [1.54, 1.807) is 0 Å². The van der Waals surface area contributed by atoms with Gasteiger partial charge in [0, 0.05) is 24.7 Å². The summed E-state index contributed by atoms with van der Waals surface area (Å²) in [7, 11) is 0. The maximum absolute atomic E-state index is 12.1. The van der Waals surface area contributed by atoms with Gasteiger partial charge in [0.05, 0.1) is 0 Å². The molecule has 1 heterocycles. The molecule has 1 aliphatic carbocycles. The van der Waals surface area contributed by atoms with Crippen LogP contribution < -0.4 is 0 Å². The number of likely N-dealkylation sites (tertiary alicyclic amines) is 1. The van der Waals surface area contributed by atoms with E-state index in [0.29, 0.717) is 0 Å². The molecule has 0 amide bonds. The number of nitrogens with zero attached hydrogens (tertiary/aromatic N) is 1. The van der Waals surface area contributed by atoms with Crippen LogP contribution in [0.2, 0.25) is 0 Å². The van der Waals surface area contributed by atoms with Gasteiger partial charge in [0.15, 0.2) is 0 Å². The number of fused-ring (bicyclic) bond motifs is 1. The van der Waals surface area contributed by atoms with Crippen molar-refractivity contribution in [2.75, 3.05) is 13.1 Å². The average Bonchev–Trinajstić information content (AvgIpc) is 2.97. The van der Waals surface area contributed by atoms with Crippen molar-refractivity contribution in [2.24, 2.45) is 0 Å². The van der Waals surface area contributed by atoms with E-state index in [-0.39, 0.29) is 5.78 Å². The van der Waals surface area contributed by atoms with Crippen molar-refractivity contribution >= 4 is 5.78 Å². The van der Waals surface area contributed by atoms with Crippen molar-refractivity contribution < 1.29 is 4.79 Å². The van der Waals surface area contributed by atoms with E-state index in [1.807, 2.05) is 6.07 Å². The number of aryl methyl sites for hydroxylation is 2. The number of carbonyl (C=O) groups is 1. The minimum Gasteiger partial charge on any atom is -0.332 e. The summed E-state index contributed by atoms with van der Waals surface area (Å²) in [6.45, 7) is 2.01. The fourth-order valence-electron chi connectivity index (χ4n) is 2.91. The minimum atomic E-state index is -0.0414. The number of carbonyl (C=O) groups excluding carboxylic acids is 1. The summed E-state index contributed by atoms with van der Waals surface area (Å²) in [5.41, 5.74) is 3.52. The van der Waals surface area contributed by atoms with Crippen molar-refractivity contribution in [3.8, 4) is 12.0 Å². The van der Waals surface area contributed by atoms with Crippen LogP contribution in [0, 0.1) is 12.0 Å². The molecule has 0 atom stereocenters. The van der Waals surface area contributed by atoms with E-state index >= 15 is 0 Å². The summed E-state index contributed by atoms with van der Waals surface area (Å²) in [4.78, 5) is 14.1. The van der Waals surface area contributed by atoms with Crippen LogP contribution in [0.3, 0.4) is 0 Å². The molecule has 0 spiro atoms. The van der Waals surface area contributed by atoms with Crippen molar-refractivity contribution in [3.63, 3.8) is 0 Å². The van der Waals surface area contributed by atoms with E-state index in [9.17, 15) is 4.79 Å². The smallest absolute Gasteiger partial charge is 0.237 e. The van der Waals surface area contributed by atoms with E-state index in [2.05, 4.69) is 29.0 Å². The van der Waals surface area contributed by atoms with Gasteiger partial charge in [-0.05, 0) is 61.6 Å². The maximum Gasteiger partial charge on any atom is 0.237 e. The van der Waals surface area contributed by atoms with Crippen LogP contribution in [0.4, 0.5) is 0 Å². The lowest BCUT2D eigenvalue weighted by Gasteiger charge is -2.15. The third-order valence-corrected chi connectivity index (χ3v) is 4.04. The second-order valence-corrected chi connectivity index (χ2v) is 5.45. The van der Waals surface area contributed by atoms with Gasteiger partial charge in [-0.2, -0.15) is 0 Å². The normalized spacial score (nSPS) is 17.6. The molecule has 0 saturated carbocycles. The maximum atomic E-state index is 12.1. The number of hydrogen-bond acceptors (Lipinski definition) is 2. The van der Waals surface area contributed by atoms with Crippen molar-refractivity contribution in [3.05, 3.63) is 34.9 Å². The monoisotopic (exact) mass is 253 g/mol. The van der Waals surface area contributed by atoms with E-state index < -0.39 is 0 Å². The van der Waals surface area contributed by atoms with Crippen LogP contribution >= 0.6 is 0 Å². The zero-order chi connectivity index (χ0) is 13.1. The molecule has 0 radical (unpaired) electrons. The van der Waals surface area contributed by atoms with Crippen LogP contribution in [0.1, 0.15) is 47.2 Å². The summed E-state index contributed by atoms with van der Waals surface area (Å²) in [6.07, 6.45) is 7.17. The quantitative estimate of drug-likeness (QED) is 0.566. The van der Waals surface area contributed by atoms with Gasteiger partial charge in [-0.3, -0.25) is 4.79 Å². The molecule has 2 nitrogen and oxygen atoms in total. The summed E-state index contributed by atoms with van der Waals surface area (Å²) < 4.78 is 0. The SMILES string of the molecule is O=C(C#CN1CCCC1)c1ccc2c(c1)CCCC2. The standard InChI is InChI=1S/C17H19NO/c19-17(9-12-18-10-3-4-11-18)16-8-7-14-5-1-2-6-15(14)13-16/h7-8,13H,1-6,10-11H2. The highest BCUT2D eigenvalue weighted by atomic mass is 16.1. The van der Waals surface area contributed by atoms with Crippen LogP contribution in [0.15, 0.2) is 18.2 Å². The first-order chi connectivity index (χ1) is 9.33. The second kappa shape index (κ2) is 5.48. The van der Waals surface area contributed by atoms with Gasteiger partial charge in [-0.15, -0.1) is 0 Å². The van der Waals surface area contributed by atoms with Gasteiger partial charge in [0.1, 0.15) is 0 Å². The Kier molecular flexibility index (Phi) is 3.55. The lowest BCUT2D eigenvalue weighted by molar-refractivity contribution is 0.105. The van der Waals surface area contributed by atoms with E-state index in [1.165, 1.54) is 36.8 Å². The minimum absolute atomic E-state index is 0.0414. The lowest BCUT2D eigenvalue weighted by atomic mass is 9.90. The lowest BCUT2D eigenvalue weighted by Crippen LogP contribution is -2.12. The summed E-state index contributed by atoms with van der Waals surface area (Å²) in [6, 6.07) is 9.09. The fourth-order valence-corrected chi connectivity index (χ4v) is 2.91. The van der Waals surface area contributed by atoms with Crippen LogP contribution in [0.25, 0.3) is 0 Å². The van der Waals surface area contributed by atoms with Gasteiger partial charge in [-0.1, -0.05) is 12.1 Å². The molecular formula is C17H19NO. The van der Waals surface area contributed by atoms with Crippen LogP contribution in [-0.4, -0.2) is 23.8 Å². The molecule has 1 fully saturated rings. The first-order valence-electron chi connectivity index (χ1n) is 7.26. The number of Topliss-reactive ketones (excluding diaryl/α,β-unsaturated/α-hetero) is 1. The predicted molar refractivity (Wildman–Crippen MR) is 76.0 cm³/mol. The Morgan fingerprint density at radius 2 is 1.74 bits per heavy atom. The molecule has 1 aliphatic heterocycles. The molecule has 1 aromatic carbocycles. The molecule has 0 unspecified atom stereocenters.